The zero-order valence-corrected chi connectivity index (χ0v) is 15.8. The Morgan fingerprint density at radius 3 is 2.46 bits per heavy atom. The first-order chi connectivity index (χ1) is 12.8. The second kappa shape index (κ2) is 8.27. The highest BCUT2D eigenvalue weighted by Crippen LogP contribution is 2.24. The Labute approximate surface area is 159 Å². The van der Waals surface area contributed by atoms with Crippen LogP contribution in [0.2, 0.25) is 0 Å². The van der Waals surface area contributed by atoms with Gasteiger partial charge in [-0.25, -0.2) is 4.98 Å². The van der Waals surface area contributed by atoms with Crippen molar-refractivity contribution in [2.24, 2.45) is 0 Å². The molecule has 2 saturated heterocycles. The van der Waals surface area contributed by atoms with E-state index in [2.05, 4.69) is 27.0 Å². The molecule has 0 unspecified atom stereocenters. The molecule has 2 aliphatic rings. The molecule has 3 heterocycles. The fraction of sp³-hybridized carbons (Fsp3) is 0.500. The third-order valence-corrected chi connectivity index (χ3v) is 6.55. The largest absolute Gasteiger partial charge is 0.349 e. The van der Waals surface area contributed by atoms with Crippen molar-refractivity contribution in [2.45, 2.75) is 37.8 Å². The molecule has 1 aromatic heterocycles. The summed E-state index contributed by atoms with van der Waals surface area (Å²) in [4.78, 5) is 19.2. The first kappa shape index (κ1) is 17.6. The van der Waals surface area contributed by atoms with Crippen molar-refractivity contribution in [2.75, 3.05) is 24.6 Å². The van der Waals surface area contributed by atoms with Gasteiger partial charge in [0.15, 0.2) is 0 Å². The Bertz CT molecular complexity index is 702. The summed E-state index contributed by atoms with van der Waals surface area (Å²) in [5.74, 6) is 2.64. The van der Waals surface area contributed by atoms with Gasteiger partial charge in [-0.2, -0.15) is 11.8 Å². The van der Waals surface area contributed by atoms with Gasteiger partial charge in [-0.1, -0.05) is 0 Å². The summed E-state index contributed by atoms with van der Waals surface area (Å²) in [5, 5.41) is 3.22. The molecular formula is C20H26N4OS. The molecular weight excluding hydrogens is 344 g/mol. The highest BCUT2D eigenvalue weighted by molar-refractivity contribution is 7.99. The Morgan fingerprint density at radius 2 is 1.81 bits per heavy atom. The van der Waals surface area contributed by atoms with Gasteiger partial charge in [0.05, 0.1) is 6.33 Å². The lowest BCUT2D eigenvalue weighted by molar-refractivity contribution is 0.0886. The number of piperidine rings is 1. The molecule has 1 aromatic carbocycles. The maximum Gasteiger partial charge on any atom is 0.251 e. The molecule has 0 spiro atoms. The minimum atomic E-state index is 0.0368. The van der Waals surface area contributed by atoms with Crippen LogP contribution >= 0.6 is 11.8 Å². The van der Waals surface area contributed by atoms with Crippen LogP contribution in [0.3, 0.4) is 0 Å². The van der Waals surface area contributed by atoms with Gasteiger partial charge in [0.1, 0.15) is 0 Å². The Morgan fingerprint density at radius 1 is 1.08 bits per heavy atom. The van der Waals surface area contributed by atoms with Crippen LogP contribution in [0.25, 0.3) is 5.69 Å². The minimum absolute atomic E-state index is 0.0368. The number of likely N-dealkylation sites (tertiary alicyclic amines) is 1. The number of nitrogens with zero attached hydrogens (tertiary/aromatic N) is 3. The second-order valence-electron chi connectivity index (χ2n) is 7.14. The van der Waals surface area contributed by atoms with Crippen LogP contribution in [-0.2, 0) is 0 Å². The molecule has 6 heteroatoms. The topological polar surface area (TPSA) is 50.2 Å². The smallest absolute Gasteiger partial charge is 0.251 e. The predicted octanol–water partition coefficient (Wildman–Crippen LogP) is 2.96. The zero-order chi connectivity index (χ0) is 17.8. The Kier molecular flexibility index (Phi) is 5.60. The molecule has 4 rings (SSSR count). The van der Waals surface area contributed by atoms with Crippen molar-refractivity contribution in [3.63, 3.8) is 0 Å². The summed E-state index contributed by atoms with van der Waals surface area (Å²) >= 11 is 2.08. The van der Waals surface area contributed by atoms with E-state index in [0.717, 1.165) is 43.2 Å². The summed E-state index contributed by atoms with van der Waals surface area (Å²) in [6.07, 6.45) is 10.2. The van der Waals surface area contributed by atoms with E-state index in [1.165, 1.54) is 24.3 Å². The summed E-state index contributed by atoms with van der Waals surface area (Å²) < 4.78 is 1.93. The van der Waals surface area contributed by atoms with Crippen LogP contribution < -0.4 is 5.32 Å². The van der Waals surface area contributed by atoms with Gasteiger partial charge >= 0.3 is 0 Å². The standard InChI is InChI=1S/C20H26N4OS/c25-20(16-1-3-18(4-2-16)24-12-9-21-15-24)22-17-5-10-23(11-6-17)19-7-13-26-14-8-19/h1-4,9,12,15,17,19H,5-8,10-11,13-14H2,(H,22,25). The van der Waals surface area contributed by atoms with E-state index in [1.807, 2.05) is 35.0 Å². The minimum Gasteiger partial charge on any atom is -0.349 e. The number of imidazole rings is 1. The van der Waals surface area contributed by atoms with Gasteiger partial charge in [-0.05, 0) is 61.5 Å². The number of thioether (sulfide) groups is 1. The van der Waals surface area contributed by atoms with E-state index in [-0.39, 0.29) is 5.91 Å². The van der Waals surface area contributed by atoms with Crippen molar-refractivity contribution < 1.29 is 4.79 Å². The summed E-state index contributed by atoms with van der Waals surface area (Å²) in [7, 11) is 0. The number of amides is 1. The molecule has 26 heavy (non-hydrogen) atoms. The molecule has 0 saturated carbocycles. The van der Waals surface area contributed by atoms with Gasteiger partial charge in [0, 0.05) is 48.8 Å². The van der Waals surface area contributed by atoms with Crippen LogP contribution in [-0.4, -0.2) is 57.0 Å². The van der Waals surface area contributed by atoms with Gasteiger partial charge in [0.2, 0.25) is 0 Å². The molecule has 0 aliphatic carbocycles. The average Bonchev–Trinajstić information content (AvgIpc) is 3.24. The van der Waals surface area contributed by atoms with Gasteiger partial charge in [-0.15, -0.1) is 0 Å². The monoisotopic (exact) mass is 370 g/mol. The molecule has 138 valence electrons. The molecule has 1 N–H and O–H groups in total. The van der Waals surface area contributed by atoms with E-state index in [4.69, 9.17) is 0 Å². The number of nitrogens with one attached hydrogen (secondary N) is 1. The van der Waals surface area contributed by atoms with Crippen molar-refractivity contribution in [1.29, 1.82) is 0 Å². The molecule has 0 atom stereocenters. The molecule has 0 bridgehead atoms. The maximum absolute atomic E-state index is 12.5. The van der Waals surface area contributed by atoms with Crippen molar-refractivity contribution in [3.8, 4) is 5.69 Å². The third-order valence-electron chi connectivity index (χ3n) is 5.50. The normalized spacial score (nSPS) is 20.2. The lowest BCUT2D eigenvalue weighted by Crippen LogP contribution is -2.48. The van der Waals surface area contributed by atoms with Crippen LogP contribution in [0.1, 0.15) is 36.0 Å². The van der Waals surface area contributed by atoms with E-state index in [9.17, 15) is 4.79 Å². The SMILES string of the molecule is O=C(NC1CCN(C2CCSCC2)CC1)c1ccc(-n2ccnc2)cc1. The van der Waals surface area contributed by atoms with Crippen molar-refractivity contribution in [3.05, 3.63) is 48.5 Å². The number of hydrogen-bond acceptors (Lipinski definition) is 4. The van der Waals surface area contributed by atoms with E-state index < -0.39 is 0 Å². The van der Waals surface area contributed by atoms with E-state index in [1.54, 1.807) is 12.5 Å². The van der Waals surface area contributed by atoms with Crippen LogP contribution in [0.15, 0.2) is 43.0 Å². The predicted molar refractivity (Wildman–Crippen MR) is 106 cm³/mol. The molecule has 2 fully saturated rings. The van der Waals surface area contributed by atoms with Crippen LogP contribution in [0, 0.1) is 0 Å². The van der Waals surface area contributed by atoms with Crippen molar-refractivity contribution in [1.82, 2.24) is 19.8 Å². The summed E-state index contributed by atoms with van der Waals surface area (Å²) in [6, 6.07) is 8.76. The number of aromatic nitrogens is 2. The lowest BCUT2D eigenvalue weighted by Gasteiger charge is -2.39. The lowest BCUT2D eigenvalue weighted by atomic mass is 10.0. The molecule has 0 radical (unpaired) electrons. The van der Waals surface area contributed by atoms with E-state index >= 15 is 0 Å². The van der Waals surface area contributed by atoms with Gasteiger partial charge < -0.3 is 14.8 Å². The Balaban J connectivity index is 1.28. The number of hydrogen-bond donors (Lipinski definition) is 1. The number of carbonyl (C=O) groups excluding carboxylic acids is 1. The van der Waals surface area contributed by atoms with Crippen molar-refractivity contribution >= 4 is 17.7 Å². The summed E-state index contributed by atoms with van der Waals surface area (Å²) in [5.41, 5.74) is 1.73. The Hall–Kier alpha value is -1.79. The van der Waals surface area contributed by atoms with Gasteiger partial charge in [0.25, 0.3) is 5.91 Å². The number of benzene rings is 1. The molecule has 2 aromatic rings. The van der Waals surface area contributed by atoms with E-state index in [0.29, 0.717) is 6.04 Å². The first-order valence-corrected chi connectivity index (χ1v) is 10.7. The van der Waals surface area contributed by atoms with Crippen LogP contribution in [0.4, 0.5) is 0 Å². The molecule has 2 aliphatic heterocycles. The maximum atomic E-state index is 12.5. The molecule has 1 amide bonds. The average molecular weight is 371 g/mol. The third kappa shape index (κ3) is 4.13. The quantitative estimate of drug-likeness (QED) is 0.899. The fourth-order valence-corrected chi connectivity index (χ4v) is 5.01. The number of rotatable bonds is 4. The second-order valence-corrected chi connectivity index (χ2v) is 8.37. The highest BCUT2D eigenvalue weighted by atomic mass is 32.2. The molecule has 5 nitrogen and oxygen atoms in total. The zero-order valence-electron chi connectivity index (χ0n) is 15.0. The summed E-state index contributed by atoms with van der Waals surface area (Å²) in [6.45, 7) is 2.22. The number of carbonyl (C=O) groups is 1. The highest BCUT2D eigenvalue weighted by Gasteiger charge is 2.27. The van der Waals surface area contributed by atoms with Gasteiger partial charge in [-0.3, -0.25) is 4.79 Å². The first-order valence-electron chi connectivity index (χ1n) is 9.50. The fourth-order valence-electron chi connectivity index (χ4n) is 3.92. The van der Waals surface area contributed by atoms with Crippen LogP contribution in [0.5, 0.6) is 0 Å².